The van der Waals surface area contributed by atoms with Crippen LogP contribution in [0.4, 0.5) is 5.69 Å². The second-order valence-corrected chi connectivity index (χ2v) is 10.9. The van der Waals surface area contributed by atoms with E-state index in [2.05, 4.69) is 34.5 Å². The summed E-state index contributed by atoms with van der Waals surface area (Å²) < 4.78 is 11.4. The number of nitro benzene ring substituents is 1. The number of benzene rings is 3. The van der Waals surface area contributed by atoms with Crippen LogP contribution in [0.25, 0.3) is 0 Å². The van der Waals surface area contributed by atoms with Crippen LogP contribution < -0.4 is 11.1 Å². The van der Waals surface area contributed by atoms with Crippen LogP contribution >= 0.6 is 0 Å². The van der Waals surface area contributed by atoms with Crippen molar-refractivity contribution in [2.45, 2.75) is 44.9 Å². The summed E-state index contributed by atoms with van der Waals surface area (Å²) in [6.07, 6.45) is -0.909. The van der Waals surface area contributed by atoms with Gasteiger partial charge < -0.3 is 23.4 Å². The van der Waals surface area contributed by atoms with E-state index in [1.807, 2.05) is 36.4 Å². The zero-order valence-electron chi connectivity index (χ0n) is 26.9. The molecule has 44 heavy (non-hydrogen) atoms. The second-order valence-electron chi connectivity index (χ2n) is 10.9. The van der Waals surface area contributed by atoms with Crippen molar-refractivity contribution in [1.29, 1.82) is 0 Å². The normalized spacial score (nSPS) is 17.1. The Morgan fingerprint density at radius 1 is 0.932 bits per heavy atom. The number of dihydropyridines is 1. The molecule has 0 saturated carbocycles. The summed E-state index contributed by atoms with van der Waals surface area (Å²) in [5, 5.41) is 14.9. The number of nitrogens with zero attached hydrogens (tertiary/aromatic N) is 2. The van der Waals surface area contributed by atoms with E-state index in [1.165, 1.54) is 18.2 Å². The number of nitrogens with one attached hydrogen (secondary N) is 1. The fourth-order valence-corrected chi connectivity index (χ4v) is 5.69. The van der Waals surface area contributed by atoms with Gasteiger partial charge in [0.2, 0.25) is 0 Å². The first kappa shape index (κ1) is 33.2. The Bertz CT molecular complexity index is 1560. The molecule has 0 aromatic heterocycles. The fourth-order valence-electron chi connectivity index (χ4n) is 5.69. The van der Waals surface area contributed by atoms with E-state index in [0.29, 0.717) is 18.8 Å². The van der Waals surface area contributed by atoms with Gasteiger partial charge in [-0.05, 0) is 31.9 Å². The van der Waals surface area contributed by atoms with Crippen molar-refractivity contribution in [3.8, 4) is 0 Å². The molecule has 0 amide bonds. The molecule has 3 N–H and O–H groups in total. The number of hydrogen-bond acceptors (Lipinski definition) is 9. The van der Waals surface area contributed by atoms with Crippen molar-refractivity contribution in [2.75, 3.05) is 13.1 Å². The summed E-state index contributed by atoms with van der Waals surface area (Å²) in [7, 11) is 0. The van der Waals surface area contributed by atoms with Gasteiger partial charge >= 0.3 is 49.7 Å². The summed E-state index contributed by atoms with van der Waals surface area (Å²) in [6, 6.07) is 26.1. The average molecular weight is 625 g/mol. The molecule has 226 valence electrons. The number of ether oxygens (including phenoxy) is 2. The number of allylic oxidation sites excluding steroid dienone is 1. The monoisotopic (exact) mass is 624 g/mol. The minimum Gasteiger partial charge on any atom is -1.00 e. The molecule has 5 rings (SSSR count). The van der Waals surface area contributed by atoms with Crippen LogP contribution in [0.5, 0.6) is 0 Å². The van der Waals surface area contributed by atoms with Crippen LogP contribution in [0.1, 0.15) is 52.3 Å². The molecular formula is C33H36CaN4O6. The molecule has 0 bridgehead atoms. The summed E-state index contributed by atoms with van der Waals surface area (Å²) in [5.74, 6) is -2.66. The molecule has 1 saturated heterocycles. The number of esters is 2. The molecule has 0 spiro atoms. The third kappa shape index (κ3) is 6.99. The largest absolute Gasteiger partial charge is 2.00 e. The van der Waals surface area contributed by atoms with Crippen LogP contribution in [0, 0.1) is 10.1 Å². The van der Waals surface area contributed by atoms with Crippen LogP contribution in [-0.4, -0.2) is 84.8 Å². The van der Waals surface area contributed by atoms with Crippen molar-refractivity contribution in [2.24, 2.45) is 5.73 Å². The van der Waals surface area contributed by atoms with Gasteiger partial charge in [0.1, 0.15) is 11.9 Å². The molecule has 0 unspecified atom stereocenters. The van der Waals surface area contributed by atoms with Crippen molar-refractivity contribution >= 4 is 55.4 Å². The first-order valence-electron chi connectivity index (χ1n) is 14.1. The molecule has 3 aromatic rings. The smallest absolute Gasteiger partial charge is 1.00 e. The number of nitro groups is 1. The first-order valence-corrected chi connectivity index (χ1v) is 14.1. The van der Waals surface area contributed by atoms with Gasteiger partial charge in [0.05, 0.1) is 34.1 Å². The molecule has 3 aromatic carbocycles. The van der Waals surface area contributed by atoms with E-state index in [1.54, 1.807) is 26.8 Å². The minimum absolute atomic E-state index is 0. The first-order chi connectivity index (χ1) is 20.7. The Morgan fingerprint density at radius 2 is 1.48 bits per heavy atom. The molecule has 1 fully saturated rings. The maximum atomic E-state index is 13.8. The standard InChI is InChI=1S/C33H34N4O6.Ca.2H/c1-20(2)42-32(38)27-21(3)35-31(34)29(28(27)25-16-10-11-17-26(25)37(40)41)33(39)43-24-18-36(19-24)30(22-12-6-4-7-13-22)23-14-8-5-9-15-23;;;/h4-17,20,24,28,30,35H,18-19,34H2,1-3H3;;;/q;+2;2*-1/t28-;;;/m0.../s1. The number of para-hydroxylation sites is 1. The van der Waals surface area contributed by atoms with Crippen LogP contribution in [0.2, 0.25) is 0 Å². The Labute approximate surface area is 289 Å². The van der Waals surface area contributed by atoms with E-state index in [0.717, 1.165) is 11.1 Å². The van der Waals surface area contributed by atoms with Gasteiger partial charge in [-0.1, -0.05) is 78.9 Å². The molecule has 1 atom stereocenters. The third-order valence-electron chi connectivity index (χ3n) is 7.57. The van der Waals surface area contributed by atoms with Gasteiger partial charge in [0, 0.05) is 30.4 Å². The summed E-state index contributed by atoms with van der Waals surface area (Å²) in [5.41, 5.74) is 8.81. The van der Waals surface area contributed by atoms with Gasteiger partial charge in [0.25, 0.3) is 5.69 Å². The van der Waals surface area contributed by atoms with E-state index in [9.17, 15) is 19.7 Å². The van der Waals surface area contributed by atoms with Crippen LogP contribution in [0.3, 0.4) is 0 Å². The quantitative estimate of drug-likeness (QED) is 0.152. The van der Waals surface area contributed by atoms with Crippen LogP contribution in [-0.2, 0) is 19.1 Å². The van der Waals surface area contributed by atoms with E-state index in [-0.39, 0.29) is 74.9 Å². The topological polar surface area (TPSA) is 137 Å². The maximum Gasteiger partial charge on any atom is 2.00 e. The van der Waals surface area contributed by atoms with Crippen LogP contribution in [0.15, 0.2) is 108 Å². The van der Waals surface area contributed by atoms with Gasteiger partial charge in [-0.15, -0.1) is 0 Å². The molecule has 2 aliphatic rings. The van der Waals surface area contributed by atoms with Gasteiger partial charge in [0.15, 0.2) is 0 Å². The van der Waals surface area contributed by atoms with E-state index in [4.69, 9.17) is 15.2 Å². The average Bonchev–Trinajstić information content (AvgIpc) is 2.96. The van der Waals surface area contributed by atoms with Gasteiger partial charge in [-0.25, -0.2) is 9.59 Å². The molecule has 0 aliphatic carbocycles. The summed E-state index contributed by atoms with van der Waals surface area (Å²) >= 11 is 0. The number of likely N-dealkylation sites (tertiary alicyclic amines) is 1. The Hall–Kier alpha value is -3.70. The minimum atomic E-state index is -1.17. The van der Waals surface area contributed by atoms with E-state index < -0.39 is 35.0 Å². The zero-order valence-corrected chi connectivity index (χ0v) is 27.1. The number of nitrogens with two attached hydrogens (primary N) is 1. The second kappa shape index (κ2) is 14.4. The number of carbonyl (C=O) groups excluding carboxylic acids is 2. The van der Waals surface area contributed by atoms with Gasteiger partial charge in [-0.3, -0.25) is 15.0 Å². The number of carbonyl (C=O) groups is 2. The van der Waals surface area contributed by atoms with Crippen molar-refractivity contribution in [3.63, 3.8) is 0 Å². The van der Waals surface area contributed by atoms with E-state index >= 15 is 0 Å². The Morgan fingerprint density at radius 3 is 2.02 bits per heavy atom. The molecular weight excluding hydrogens is 588 g/mol. The third-order valence-corrected chi connectivity index (χ3v) is 7.57. The molecule has 10 nitrogen and oxygen atoms in total. The fraction of sp³-hybridized carbons (Fsp3) is 0.273. The Balaban J connectivity index is 0.00000245. The summed E-state index contributed by atoms with van der Waals surface area (Å²) in [4.78, 5) is 40.8. The van der Waals surface area contributed by atoms with Gasteiger partial charge in [-0.2, -0.15) is 0 Å². The van der Waals surface area contributed by atoms with Crippen molar-refractivity contribution in [1.82, 2.24) is 10.2 Å². The zero-order chi connectivity index (χ0) is 30.7. The predicted octanol–water partition coefficient (Wildman–Crippen LogP) is 4.54. The molecule has 11 heteroatoms. The molecule has 0 radical (unpaired) electrons. The molecule has 2 heterocycles. The SMILES string of the molecule is CC1=C(C(=O)OC(C)C)[C@H](c2ccccc2[N+](=O)[O-])C(C(=O)OC2CN(C(c3ccccc3)c3ccccc3)C2)=C(N)N1.[Ca+2].[H-].[H-]. The van der Waals surface area contributed by atoms with Crippen molar-refractivity contribution in [3.05, 3.63) is 134 Å². The van der Waals surface area contributed by atoms with Crippen molar-refractivity contribution < 1.29 is 26.8 Å². The number of rotatable bonds is 9. The maximum absolute atomic E-state index is 13.8. The molecule has 2 aliphatic heterocycles. The predicted molar refractivity (Wildman–Crippen MR) is 168 cm³/mol. The summed E-state index contributed by atoms with van der Waals surface area (Å²) in [6.45, 7) is 5.95. The number of hydrogen-bond donors (Lipinski definition) is 2. The Kier molecular flexibility index (Phi) is 10.9.